The number of benzene rings is 1. The lowest BCUT2D eigenvalue weighted by Crippen LogP contribution is -2.27. The Labute approximate surface area is 116 Å². The van der Waals surface area contributed by atoms with E-state index in [0.717, 1.165) is 0 Å². The molecule has 1 aromatic rings. The number of aliphatic hydroxyl groups excluding tert-OH is 1. The lowest BCUT2D eigenvalue weighted by molar-refractivity contribution is -0.00579. The van der Waals surface area contributed by atoms with Gasteiger partial charge in [0.05, 0.1) is 0 Å². The number of ether oxygens (including phenoxy) is 1. The second-order valence-corrected chi connectivity index (χ2v) is 5.48. The smallest absolute Gasteiger partial charge is 0.412 e. The molecule has 0 bridgehead atoms. The topological polar surface area (TPSA) is 58.6 Å². The van der Waals surface area contributed by atoms with Gasteiger partial charge in [0.15, 0.2) is 0 Å². The van der Waals surface area contributed by atoms with Crippen molar-refractivity contribution < 1.29 is 23.4 Å². The molecular formula is C14H19F2NO3. The highest BCUT2D eigenvalue weighted by atomic mass is 19.3. The van der Waals surface area contributed by atoms with E-state index >= 15 is 0 Å². The number of carbonyl (C=O) groups is 1. The molecule has 1 amide bonds. The maximum Gasteiger partial charge on any atom is 0.412 e. The largest absolute Gasteiger partial charge is 0.444 e. The molecule has 1 atom stereocenters. The van der Waals surface area contributed by atoms with Crippen molar-refractivity contribution in [3.05, 3.63) is 29.3 Å². The van der Waals surface area contributed by atoms with Crippen LogP contribution in [0.4, 0.5) is 19.3 Å². The van der Waals surface area contributed by atoms with Gasteiger partial charge in [-0.1, -0.05) is 12.1 Å². The third kappa shape index (κ3) is 4.77. The molecule has 0 aliphatic rings. The van der Waals surface area contributed by atoms with E-state index < -0.39 is 24.2 Å². The van der Waals surface area contributed by atoms with Gasteiger partial charge < -0.3 is 9.84 Å². The molecule has 20 heavy (non-hydrogen) atoms. The van der Waals surface area contributed by atoms with Gasteiger partial charge in [0.25, 0.3) is 6.43 Å². The number of halogens is 2. The number of aryl methyl sites for hydroxylation is 1. The van der Waals surface area contributed by atoms with Crippen molar-refractivity contribution in [2.24, 2.45) is 0 Å². The van der Waals surface area contributed by atoms with E-state index in [-0.39, 0.29) is 5.56 Å². The van der Waals surface area contributed by atoms with Crippen molar-refractivity contribution in [3.63, 3.8) is 0 Å². The van der Waals surface area contributed by atoms with E-state index in [1.54, 1.807) is 27.7 Å². The highest BCUT2D eigenvalue weighted by molar-refractivity contribution is 5.85. The average Bonchev–Trinajstić information content (AvgIpc) is 2.28. The molecule has 0 radical (unpaired) electrons. The van der Waals surface area contributed by atoms with Gasteiger partial charge in [-0.25, -0.2) is 13.6 Å². The second kappa shape index (κ2) is 6.17. The van der Waals surface area contributed by atoms with Crippen LogP contribution < -0.4 is 5.32 Å². The van der Waals surface area contributed by atoms with Gasteiger partial charge in [-0.05, 0) is 44.9 Å². The summed E-state index contributed by atoms with van der Waals surface area (Å²) in [6, 6.07) is 4.21. The molecule has 1 unspecified atom stereocenters. The van der Waals surface area contributed by atoms with Gasteiger partial charge in [0, 0.05) is 5.69 Å². The number of aliphatic hydroxyl groups is 1. The molecule has 6 heteroatoms. The van der Waals surface area contributed by atoms with Crippen LogP contribution in [0.3, 0.4) is 0 Å². The zero-order valence-corrected chi connectivity index (χ0v) is 11.9. The van der Waals surface area contributed by atoms with Gasteiger partial charge in [0.2, 0.25) is 0 Å². The standard InChI is InChI=1S/C14H19F2NO3/c1-8-7-9(11(18)12(15)16)5-6-10(8)17-13(19)20-14(2,3)4/h5-7,11-12,18H,1-4H3,(H,17,19). The zero-order valence-electron chi connectivity index (χ0n) is 11.9. The van der Waals surface area contributed by atoms with Crippen LogP contribution in [0.15, 0.2) is 18.2 Å². The quantitative estimate of drug-likeness (QED) is 0.892. The number of anilines is 1. The summed E-state index contributed by atoms with van der Waals surface area (Å²) in [4.78, 5) is 11.6. The first-order valence-corrected chi connectivity index (χ1v) is 6.17. The Bertz CT molecular complexity index is 484. The van der Waals surface area contributed by atoms with Crippen molar-refractivity contribution in [1.29, 1.82) is 0 Å². The second-order valence-electron chi connectivity index (χ2n) is 5.48. The Balaban J connectivity index is 2.81. The summed E-state index contributed by atoms with van der Waals surface area (Å²) in [6.45, 7) is 6.86. The maximum absolute atomic E-state index is 12.4. The lowest BCUT2D eigenvalue weighted by atomic mass is 10.1. The van der Waals surface area contributed by atoms with E-state index in [1.807, 2.05) is 0 Å². The predicted molar refractivity (Wildman–Crippen MR) is 72.0 cm³/mol. The van der Waals surface area contributed by atoms with E-state index in [2.05, 4.69) is 5.32 Å². The van der Waals surface area contributed by atoms with Gasteiger partial charge in [0.1, 0.15) is 11.7 Å². The molecule has 4 nitrogen and oxygen atoms in total. The Morgan fingerprint density at radius 3 is 2.40 bits per heavy atom. The molecule has 0 aliphatic carbocycles. The van der Waals surface area contributed by atoms with Crippen LogP contribution in [0.25, 0.3) is 0 Å². The van der Waals surface area contributed by atoms with Crippen LogP contribution in [0.5, 0.6) is 0 Å². The third-order valence-corrected chi connectivity index (χ3v) is 2.47. The van der Waals surface area contributed by atoms with Gasteiger partial charge >= 0.3 is 6.09 Å². The van der Waals surface area contributed by atoms with Crippen LogP contribution in [0.2, 0.25) is 0 Å². The lowest BCUT2D eigenvalue weighted by Gasteiger charge is -2.20. The minimum absolute atomic E-state index is 0.104. The number of nitrogens with one attached hydrogen (secondary N) is 1. The van der Waals surface area contributed by atoms with Crippen LogP contribution in [0.1, 0.15) is 38.0 Å². The summed E-state index contributed by atoms with van der Waals surface area (Å²) in [6.07, 6.45) is -5.30. The Morgan fingerprint density at radius 2 is 1.95 bits per heavy atom. The summed E-state index contributed by atoms with van der Waals surface area (Å²) in [5, 5.41) is 11.8. The predicted octanol–water partition coefficient (Wildman–Crippen LogP) is 3.64. The molecular weight excluding hydrogens is 268 g/mol. The molecule has 0 spiro atoms. The van der Waals surface area contributed by atoms with E-state index in [9.17, 15) is 18.7 Å². The fourth-order valence-corrected chi connectivity index (χ4v) is 1.57. The first-order valence-electron chi connectivity index (χ1n) is 6.17. The molecule has 1 rings (SSSR count). The fourth-order valence-electron chi connectivity index (χ4n) is 1.57. The molecule has 2 N–H and O–H groups in total. The first kappa shape index (κ1) is 16.4. The Hall–Kier alpha value is -1.69. The number of hydrogen-bond donors (Lipinski definition) is 2. The summed E-state index contributed by atoms with van der Waals surface area (Å²) in [5.41, 5.74) is 0.494. The van der Waals surface area contributed by atoms with Crippen molar-refractivity contribution >= 4 is 11.8 Å². The van der Waals surface area contributed by atoms with Crippen LogP contribution in [-0.2, 0) is 4.74 Å². The number of alkyl halides is 2. The summed E-state index contributed by atoms with van der Waals surface area (Å²) in [7, 11) is 0. The van der Waals surface area contributed by atoms with Crippen molar-refractivity contribution in [3.8, 4) is 0 Å². The number of rotatable bonds is 3. The molecule has 1 aromatic carbocycles. The Kier molecular flexibility index (Phi) is 5.05. The van der Waals surface area contributed by atoms with Crippen LogP contribution in [-0.4, -0.2) is 23.2 Å². The van der Waals surface area contributed by atoms with Crippen LogP contribution in [0, 0.1) is 6.92 Å². The molecule has 0 heterocycles. The third-order valence-electron chi connectivity index (χ3n) is 2.47. The summed E-state index contributed by atoms with van der Waals surface area (Å²) >= 11 is 0. The van der Waals surface area contributed by atoms with E-state index in [1.165, 1.54) is 18.2 Å². The minimum Gasteiger partial charge on any atom is -0.444 e. The van der Waals surface area contributed by atoms with Gasteiger partial charge in [-0.15, -0.1) is 0 Å². The minimum atomic E-state index is -2.85. The molecule has 0 fully saturated rings. The van der Waals surface area contributed by atoms with E-state index in [4.69, 9.17) is 4.74 Å². The van der Waals surface area contributed by atoms with Crippen molar-refractivity contribution in [2.75, 3.05) is 5.32 Å². The fraction of sp³-hybridized carbons (Fsp3) is 0.500. The number of amides is 1. The molecule has 0 aromatic heterocycles. The number of hydrogen-bond acceptors (Lipinski definition) is 3. The first-order chi connectivity index (χ1) is 9.10. The molecule has 112 valence electrons. The molecule has 0 saturated heterocycles. The monoisotopic (exact) mass is 287 g/mol. The average molecular weight is 287 g/mol. The number of carbonyl (C=O) groups excluding carboxylic acids is 1. The van der Waals surface area contributed by atoms with Crippen molar-refractivity contribution in [2.45, 2.75) is 45.8 Å². The normalized spacial score (nSPS) is 13.2. The SMILES string of the molecule is Cc1cc(C(O)C(F)F)ccc1NC(=O)OC(C)(C)C. The highest BCUT2D eigenvalue weighted by Gasteiger charge is 2.20. The van der Waals surface area contributed by atoms with Crippen molar-refractivity contribution in [1.82, 2.24) is 0 Å². The summed E-state index contributed by atoms with van der Waals surface area (Å²) in [5.74, 6) is 0. The zero-order chi connectivity index (χ0) is 15.5. The van der Waals surface area contributed by atoms with Gasteiger partial charge in [-0.2, -0.15) is 0 Å². The Morgan fingerprint density at radius 1 is 1.35 bits per heavy atom. The van der Waals surface area contributed by atoms with E-state index in [0.29, 0.717) is 11.3 Å². The van der Waals surface area contributed by atoms with Crippen LogP contribution >= 0.6 is 0 Å². The highest BCUT2D eigenvalue weighted by Crippen LogP contribution is 2.25. The van der Waals surface area contributed by atoms with Gasteiger partial charge in [-0.3, -0.25) is 5.32 Å². The summed E-state index contributed by atoms with van der Waals surface area (Å²) < 4.78 is 29.9. The molecule has 0 saturated carbocycles. The molecule has 0 aliphatic heterocycles. The maximum atomic E-state index is 12.4.